The lowest BCUT2D eigenvalue weighted by Gasteiger charge is -2.35. The Morgan fingerprint density at radius 3 is 2.55 bits per heavy atom. The number of ether oxygens (including phenoxy) is 1. The Morgan fingerprint density at radius 1 is 1.05 bits per heavy atom. The van der Waals surface area contributed by atoms with Gasteiger partial charge in [0.2, 0.25) is 0 Å². The Labute approximate surface area is 246 Å². The third-order valence-corrected chi connectivity index (χ3v) is 8.80. The Balaban J connectivity index is 1.31. The predicted molar refractivity (Wildman–Crippen MR) is 163 cm³/mol. The van der Waals surface area contributed by atoms with E-state index in [0.717, 1.165) is 53.9 Å². The normalized spacial score (nSPS) is 18.7. The van der Waals surface area contributed by atoms with Gasteiger partial charge in [-0.1, -0.05) is 24.3 Å². The summed E-state index contributed by atoms with van der Waals surface area (Å²) >= 11 is 0. The largest absolute Gasteiger partial charge is 0.378 e. The minimum atomic E-state index is -0.207. The van der Waals surface area contributed by atoms with E-state index >= 15 is 0 Å². The summed E-state index contributed by atoms with van der Waals surface area (Å²) in [6.07, 6.45) is 5.46. The van der Waals surface area contributed by atoms with Gasteiger partial charge in [0.25, 0.3) is 17.7 Å². The highest BCUT2D eigenvalue weighted by atomic mass is 16.5. The van der Waals surface area contributed by atoms with Crippen molar-refractivity contribution in [3.63, 3.8) is 0 Å². The number of nitrogens with zero attached hydrogens (tertiary/aromatic N) is 3. The highest BCUT2D eigenvalue weighted by Gasteiger charge is 2.30. The summed E-state index contributed by atoms with van der Waals surface area (Å²) < 4.78 is 5.39. The van der Waals surface area contributed by atoms with Gasteiger partial charge < -0.3 is 29.7 Å². The van der Waals surface area contributed by atoms with Crippen molar-refractivity contribution < 1.29 is 19.1 Å². The summed E-state index contributed by atoms with van der Waals surface area (Å²) in [5.74, 6) is -0.245. The number of aromatic amines is 1. The van der Waals surface area contributed by atoms with Crippen molar-refractivity contribution in [1.29, 1.82) is 0 Å². The van der Waals surface area contributed by atoms with Gasteiger partial charge in [0.05, 0.1) is 24.4 Å². The predicted octanol–water partition coefficient (Wildman–Crippen LogP) is 4.12. The number of piperidine rings is 1. The van der Waals surface area contributed by atoms with Crippen molar-refractivity contribution in [3.8, 4) is 11.1 Å². The fourth-order valence-electron chi connectivity index (χ4n) is 6.16. The molecule has 3 amide bonds. The van der Waals surface area contributed by atoms with Crippen molar-refractivity contribution in [2.45, 2.75) is 25.8 Å². The number of fused-ring (bicyclic) bond motifs is 1. The number of hydrogen-bond donors (Lipinski definition) is 2. The van der Waals surface area contributed by atoms with Crippen LogP contribution in [0.15, 0.2) is 48.7 Å². The van der Waals surface area contributed by atoms with Gasteiger partial charge in [-0.15, -0.1) is 0 Å². The van der Waals surface area contributed by atoms with Crippen LogP contribution in [0.2, 0.25) is 0 Å². The number of hydrogen-bond acceptors (Lipinski definition) is 5. The smallest absolute Gasteiger partial charge is 0.256 e. The average Bonchev–Trinajstić information content (AvgIpc) is 3.55. The standard InChI is InChI=1S/C33H37N5O4/c1-21-27(33(41)38-14-16-42-17-15-38)20-34-29(21)19-26-30-25(8-5-9-28(30)35-31(26)39)22-6-4-7-23(18-22)32(40)37(3)24-10-12-36(2)13-11-24/h4-9,18-20,24,34H,10-17H2,1-3H3,(H,35,39)/b26-19-. The molecule has 4 heterocycles. The van der Waals surface area contributed by atoms with Crippen molar-refractivity contribution in [1.82, 2.24) is 19.7 Å². The van der Waals surface area contributed by atoms with Crippen LogP contribution < -0.4 is 5.32 Å². The van der Waals surface area contributed by atoms with E-state index in [0.29, 0.717) is 48.7 Å². The molecule has 0 atom stereocenters. The van der Waals surface area contributed by atoms with Crippen molar-refractivity contribution in [2.24, 2.45) is 0 Å². The molecule has 6 rings (SSSR count). The first-order valence-corrected chi connectivity index (χ1v) is 14.6. The molecule has 0 unspecified atom stereocenters. The van der Waals surface area contributed by atoms with Crippen LogP contribution >= 0.6 is 0 Å². The molecule has 3 aliphatic rings. The number of aromatic nitrogens is 1. The van der Waals surface area contributed by atoms with E-state index in [1.54, 1.807) is 11.1 Å². The zero-order valence-corrected chi connectivity index (χ0v) is 24.4. The number of nitrogens with one attached hydrogen (secondary N) is 2. The molecule has 1 aromatic heterocycles. The van der Waals surface area contributed by atoms with Gasteiger partial charge >= 0.3 is 0 Å². The maximum Gasteiger partial charge on any atom is 0.256 e. The molecule has 0 bridgehead atoms. The van der Waals surface area contributed by atoms with Crippen LogP contribution in [0.1, 0.15) is 50.4 Å². The molecule has 2 N–H and O–H groups in total. The molecule has 2 saturated heterocycles. The SMILES string of the molecule is Cc1c(C(=O)N2CCOCC2)c[nH]c1/C=C1\C(=O)Nc2cccc(-c3cccc(C(=O)N(C)C4CCN(C)CC4)c3)c21. The molecule has 0 aliphatic carbocycles. The van der Waals surface area contributed by atoms with E-state index < -0.39 is 0 Å². The molecule has 2 fully saturated rings. The Hall–Kier alpha value is -4.21. The molecule has 3 aromatic rings. The van der Waals surface area contributed by atoms with Gasteiger partial charge in [-0.25, -0.2) is 0 Å². The topological polar surface area (TPSA) is 98.0 Å². The fourth-order valence-corrected chi connectivity index (χ4v) is 6.16. The van der Waals surface area contributed by atoms with Crippen molar-refractivity contribution >= 4 is 35.1 Å². The van der Waals surface area contributed by atoms with E-state index in [1.807, 2.05) is 67.4 Å². The third-order valence-electron chi connectivity index (χ3n) is 8.80. The van der Waals surface area contributed by atoms with Gasteiger partial charge in [0.15, 0.2) is 0 Å². The molecule has 0 spiro atoms. The second-order valence-corrected chi connectivity index (χ2v) is 11.4. The number of H-pyrrole nitrogens is 1. The maximum absolute atomic E-state index is 13.5. The third kappa shape index (κ3) is 5.26. The minimum Gasteiger partial charge on any atom is -0.378 e. The molecule has 9 nitrogen and oxygen atoms in total. The highest BCUT2D eigenvalue weighted by molar-refractivity contribution is 6.36. The summed E-state index contributed by atoms with van der Waals surface area (Å²) in [7, 11) is 4.01. The van der Waals surface area contributed by atoms with E-state index in [1.165, 1.54) is 0 Å². The van der Waals surface area contributed by atoms with Gasteiger partial charge in [0, 0.05) is 54.9 Å². The lowest BCUT2D eigenvalue weighted by Crippen LogP contribution is -2.44. The fraction of sp³-hybridized carbons (Fsp3) is 0.364. The molecule has 0 saturated carbocycles. The molecule has 2 aromatic carbocycles. The van der Waals surface area contributed by atoms with Gasteiger partial charge in [0.1, 0.15) is 0 Å². The van der Waals surface area contributed by atoms with E-state index in [9.17, 15) is 14.4 Å². The quantitative estimate of drug-likeness (QED) is 0.452. The van der Waals surface area contributed by atoms with Crippen molar-refractivity contribution in [2.75, 3.05) is 58.8 Å². The number of carbonyl (C=O) groups excluding carboxylic acids is 3. The summed E-state index contributed by atoms with van der Waals surface area (Å²) in [5, 5.41) is 2.99. The highest BCUT2D eigenvalue weighted by Crippen LogP contribution is 2.41. The first-order chi connectivity index (χ1) is 20.3. The molecular formula is C33H37N5O4. The van der Waals surface area contributed by atoms with E-state index in [2.05, 4.69) is 22.2 Å². The Kier molecular flexibility index (Phi) is 7.70. The average molecular weight is 568 g/mol. The zero-order valence-electron chi connectivity index (χ0n) is 24.4. The molecule has 9 heteroatoms. The molecular weight excluding hydrogens is 530 g/mol. The maximum atomic E-state index is 13.5. The summed E-state index contributed by atoms with van der Waals surface area (Å²) in [6.45, 7) is 6.06. The lowest BCUT2D eigenvalue weighted by molar-refractivity contribution is -0.110. The van der Waals surface area contributed by atoms with Crippen LogP contribution in [0.25, 0.3) is 22.8 Å². The molecule has 0 radical (unpaired) electrons. The van der Waals surface area contributed by atoms with E-state index in [-0.39, 0.29) is 23.8 Å². The number of carbonyl (C=O) groups is 3. The van der Waals surface area contributed by atoms with Gasteiger partial charge in [-0.2, -0.15) is 0 Å². The number of amides is 3. The Morgan fingerprint density at radius 2 is 1.79 bits per heavy atom. The molecule has 3 aliphatic heterocycles. The number of anilines is 1. The summed E-state index contributed by atoms with van der Waals surface area (Å²) in [5.41, 5.74) is 6.47. The van der Waals surface area contributed by atoms with Gasteiger partial charge in [-0.3, -0.25) is 14.4 Å². The number of likely N-dealkylation sites (tertiary alicyclic amines) is 1. The summed E-state index contributed by atoms with van der Waals surface area (Å²) in [6, 6.07) is 13.6. The molecule has 218 valence electrons. The van der Waals surface area contributed by atoms with Crippen LogP contribution in [0.4, 0.5) is 5.69 Å². The molecule has 42 heavy (non-hydrogen) atoms. The second-order valence-electron chi connectivity index (χ2n) is 11.4. The van der Waals surface area contributed by atoms with Crippen LogP contribution in [0.5, 0.6) is 0 Å². The van der Waals surface area contributed by atoms with Crippen LogP contribution in [-0.4, -0.2) is 96.9 Å². The first-order valence-electron chi connectivity index (χ1n) is 14.6. The van der Waals surface area contributed by atoms with Gasteiger partial charge in [-0.05, 0) is 80.9 Å². The number of benzene rings is 2. The lowest BCUT2D eigenvalue weighted by atomic mass is 9.93. The monoisotopic (exact) mass is 567 g/mol. The number of morpholine rings is 1. The summed E-state index contributed by atoms with van der Waals surface area (Å²) in [4.78, 5) is 49.1. The second kappa shape index (κ2) is 11.6. The zero-order chi connectivity index (χ0) is 29.4. The minimum absolute atomic E-state index is 0.00317. The van der Waals surface area contributed by atoms with Crippen LogP contribution in [-0.2, 0) is 9.53 Å². The van der Waals surface area contributed by atoms with E-state index in [4.69, 9.17) is 4.74 Å². The van der Waals surface area contributed by atoms with Crippen molar-refractivity contribution in [3.05, 3.63) is 76.6 Å². The first kappa shape index (κ1) is 27.9. The van der Waals surface area contributed by atoms with Crippen LogP contribution in [0.3, 0.4) is 0 Å². The van der Waals surface area contributed by atoms with Crippen LogP contribution in [0, 0.1) is 6.92 Å². The Bertz CT molecular complexity index is 1560. The number of rotatable bonds is 5.